The van der Waals surface area contributed by atoms with Crippen molar-refractivity contribution in [3.8, 4) is 0 Å². The molecule has 0 aliphatic carbocycles. The van der Waals surface area contributed by atoms with Gasteiger partial charge in [-0.1, -0.05) is 29.8 Å². The molecule has 1 unspecified atom stereocenters. The summed E-state index contributed by atoms with van der Waals surface area (Å²) in [6, 6.07) is 7.60. The van der Waals surface area contributed by atoms with Crippen LogP contribution < -0.4 is 0 Å². The lowest BCUT2D eigenvalue weighted by molar-refractivity contribution is -0.178. The van der Waals surface area contributed by atoms with Crippen LogP contribution in [0.15, 0.2) is 24.3 Å². The van der Waals surface area contributed by atoms with E-state index in [1.54, 1.807) is 20.8 Å². The molecule has 0 radical (unpaired) electrons. The Bertz CT molecular complexity index is 424. The Kier molecular flexibility index (Phi) is 5.83. The largest absolute Gasteiger partial charge is 0.436 e. The molecule has 1 N–H and O–H groups in total. The van der Waals surface area contributed by atoms with Crippen LogP contribution in [0.4, 0.5) is 0 Å². The van der Waals surface area contributed by atoms with Crippen molar-refractivity contribution < 1.29 is 14.6 Å². The van der Waals surface area contributed by atoms with Gasteiger partial charge in [0.1, 0.15) is 0 Å². The Morgan fingerprint density at radius 2 is 2.00 bits per heavy atom. The molecule has 0 aliphatic heterocycles. The van der Waals surface area contributed by atoms with E-state index < -0.39 is 17.7 Å². The summed E-state index contributed by atoms with van der Waals surface area (Å²) in [4.78, 5) is 11.6. The van der Waals surface area contributed by atoms with Crippen LogP contribution in [0.1, 0.15) is 39.2 Å². The minimum absolute atomic E-state index is 0.391. The van der Waals surface area contributed by atoms with E-state index in [9.17, 15) is 9.90 Å². The molecule has 0 aliphatic rings. The van der Waals surface area contributed by atoms with Crippen LogP contribution in [0, 0.1) is 5.41 Å². The van der Waals surface area contributed by atoms with Crippen LogP contribution in [-0.2, 0) is 16.0 Å². The first-order valence-electron chi connectivity index (χ1n) is 6.43. The van der Waals surface area contributed by atoms with E-state index >= 15 is 0 Å². The predicted octanol–water partition coefficient (Wildman–Crippen LogP) is 3.57. The van der Waals surface area contributed by atoms with Gasteiger partial charge >= 0.3 is 5.97 Å². The number of ether oxygens (including phenoxy) is 1. The fourth-order valence-corrected chi connectivity index (χ4v) is 1.76. The maximum atomic E-state index is 11.6. The van der Waals surface area contributed by atoms with Gasteiger partial charge in [0.2, 0.25) is 6.29 Å². The summed E-state index contributed by atoms with van der Waals surface area (Å²) in [5.41, 5.74) is 0.447. The molecular weight excluding hydrogens is 264 g/mol. The number of aryl methyl sites for hydroxylation is 1. The van der Waals surface area contributed by atoms with Crippen molar-refractivity contribution in [3.05, 3.63) is 34.9 Å². The number of halogens is 1. The molecule has 0 spiro atoms. The quantitative estimate of drug-likeness (QED) is 0.664. The molecular formula is C15H21ClO3. The molecule has 1 atom stereocenters. The molecule has 0 amide bonds. The third kappa shape index (κ3) is 5.62. The molecule has 1 rings (SSSR count). The standard InChI is InChI=1S/C15H21ClO3/c1-15(2,3)14(18)19-13(17)10-6-8-11-7-4-5-9-12(11)16/h4-5,7,9,13,17H,6,8,10H2,1-3H3. The predicted molar refractivity (Wildman–Crippen MR) is 75.9 cm³/mol. The first kappa shape index (κ1) is 16.0. The van der Waals surface area contributed by atoms with Gasteiger partial charge in [0, 0.05) is 11.4 Å². The number of aliphatic hydroxyl groups is 1. The highest BCUT2D eigenvalue weighted by molar-refractivity contribution is 6.31. The average Bonchev–Trinajstić information content (AvgIpc) is 2.30. The summed E-state index contributed by atoms with van der Waals surface area (Å²) >= 11 is 6.04. The van der Waals surface area contributed by atoms with E-state index in [0.717, 1.165) is 17.0 Å². The number of benzene rings is 1. The summed E-state index contributed by atoms with van der Waals surface area (Å²) in [6.07, 6.45) is 0.827. The summed E-state index contributed by atoms with van der Waals surface area (Å²) < 4.78 is 4.97. The zero-order valence-electron chi connectivity index (χ0n) is 11.6. The maximum Gasteiger partial charge on any atom is 0.313 e. The normalized spacial score (nSPS) is 13.1. The number of hydrogen-bond acceptors (Lipinski definition) is 3. The smallest absolute Gasteiger partial charge is 0.313 e. The van der Waals surface area contributed by atoms with E-state index in [4.69, 9.17) is 16.3 Å². The Morgan fingerprint density at radius 3 is 2.58 bits per heavy atom. The summed E-state index contributed by atoms with van der Waals surface area (Å²) in [7, 11) is 0. The number of carbonyl (C=O) groups excluding carboxylic acids is 1. The Morgan fingerprint density at radius 1 is 1.37 bits per heavy atom. The first-order chi connectivity index (χ1) is 8.80. The van der Waals surface area contributed by atoms with E-state index in [1.165, 1.54) is 0 Å². The van der Waals surface area contributed by atoms with Crippen molar-refractivity contribution >= 4 is 17.6 Å². The van der Waals surface area contributed by atoms with Gasteiger partial charge in [-0.3, -0.25) is 4.79 Å². The van der Waals surface area contributed by atoms with Gasteiger partial charge in [-0.25, -0.2) is 0 Å². The van der Waals surface area contributed by atoms with Crippen molar-refractivity contribution in [3.63, 3.8) is 0 Å². The second-order valence-corrected chi connectivity index (χ2v) is 6.00. The molecule has 106 valence electrons. The van der Waals surface area contributed by atoms with Crippen LogP contribution in [0.3, 0.4) is 0 Å². The van der Waals surface area contributed by atoms with Gasteiger partial charge < -0.3 is 9.84 Å². The highest BCUT2D eigenvalue weighted by atomic mass is 35.5. The Hall–Kier alpha value is -1.06. The second-order valence-electron chi connectivity index (χ2n) is 5.59. The highest BCUT2D eigenvalue weighted by Crippen LogP contribution is 2.19. The topological polar surface area (TPSA) is 46.5 Å². The molecule has 0 saturated heterocycles. The molecule has 1 aromatic rings. The van der Waals surface area contributed by atoms with Gasteiger partial charge in [-0.15, -0.1) is 0 Å². The number of aliphatic hydroxyl groups excluding tert-OH is 1. The lowest BCUT2D eigenvalue weighted by Gasteiger charge is -2.20. The lowest BCUT2D eigenvalue weighted by atomic mass is 9.97. The number of carbonyl (C=O) groups is 1. The summed E-state index contributed by atoms with van der Waals surface area (Å²) in [5, 5.41) is 10.4. The Balaban J connectivity index is 2.34. The van der Waals surface area contributed by atoms with Gasteiger partial charge in [-0.2, -0.15) is 0 Å². The van der Waals surface area contributed by atoms with Gasteiger partial charge in [0.15, 0.2) is 0 Å². The zero-order valence-corrected chi connectivity index (χ0v) is 12.4. The summed E-state index contributed by atoms with van der Waals surface area (Å²) in [5.74, 6) is -0.391. The van der Waals surface area contributed by atoms with Crippen LogP contribution in [0.5, 0.6) is 0 Å². The molecule has 0 aromatic heterocycles. The molecule has 0 saturated carbocycles. The molecule has 0 bridgehead atoms. The average molecular weight is 285 g/mol. The number of rotatable bonds is 5. The van der Waals surface area contributed by atoms with Crippen LogP contribution in [0.25, 0.3) is 0 Å². The zero-order chi connectivity index (χ0) is 14.5. The first-order valence-corrected chi connectivity index (χ1v) is 6.81. The van der Waals surface area contributed by atoms with Crippen LogP contribution in [0.2, 0.25) is 5.02 Å². The number of esters is 1. The van der Waals surface area contributed by atoms with E-state index in [2.05, 4.69) is 0 Å². The van der Waals surface area contributed by atoms with E-state index in [1.807, 2.05) is 24.3 Å². The van der Waals surface area contributed by atoms with Crippen molar-refractivity contribution in [1.29, 1.82) is 0 Å². The minimum atomic E-state index is -1.05. The third-order valence-corrected chi connectivity index (χ3v) is 3.08. The second kappa shape index (κ2) is 6.92. The van der Waals surface area contributed by atoms with Crippen molar-refractivity contribution in [2.45, 2.75) is 46.3 Å². The number of hydrogen-bond donors (Lipinski definition) is 1. The van der Waals surface area contributed by atoms with Gasteiger partial charge in [0.05, 0.1) is 5.41 Å². The fraction of sp³-hybridized carbons (Fsp3) is 0.533. The van der Waals surface area contributed by atoms with E-state index in [0.29, 0.717) is 12.8 Å². The maximum absolute atomic E-state index is 11.6. The monoisotopic (exact) mass is 284 g/mol. The molecule has 0 heterocycles. The van der Waals surface area contributed by atoms with Gasteiger partial charge in [0.25, 0.3) is 0 Å². The molecule has 19 heavy (non-hydrogen) atoms. The lowest BCUT2D eigenvalue weighted by Crippen LogP contribution is -2.28. The molecule has 0 fully saturated rings. The minimum Gasteiger partial charge on any atom is -0.436 e. The van der Waals surface area contributed by atoms with Crippen molar-refractivity contribution in [2.75, 3.05) is 0 Å². The van der Waals surface area contributed by atoms with Crippen molar-refractivity contribution in [2.24, 2.45) is 5.41 Å². The van der Waals surface area contributed by atoms with Crippen LogP contribution >= 0.6 is 11.6 Å². The highest BCUT2D eigenvalue weighted by Gasteiger charge is 2.25. The third-order valence-electron chi connectivity index (χ3n) is 2.71. The van der Waals surface area contributed by atoms with Gasteiger partial charge in [-0.05, 0) is 45.2 Å². The van der Waals surface area contributed by atoms with Crippen molar-refractivity contribution in [1.82, 2.24) is 0 Å². The van der Waals surface area contributed by atoms with E-state index in [-0.39, 0.29) is 0 Å². The summed E-state index contributed by atoms with van der Waals surface area (Å²) in [6.45, 7) is 5.27. The SMILES string of the molecule is CC(C)(C)C(=O)OC(O)CCCc1ccccc1Cl. The molecule has 3 nitrogen and oxygen atoms in total. The Labute approximate surface area is 119 Å². The fourth-order valence-electron chi connectivity index (χ4n) is 1.53. The molecule has 4 heteroatoms. The van der Waals surface area contributed by atoms with Crippen LogP contribution in [-0.4, -0.2) is 17.4 Å². The molecule has 1 aromatic carbocycles.